The van der Waals surface area contributed by atoms with Gasteiger partial charge in [0, 0.05) is 11.1 Å². The third-order valence-electron chi connectivity index (χ3n) is 1.96. The van der Waals surface area contributed by atoms with Gasteiger partial charge in [0.1, 0.15) is 5.82 Å². The summed E-state index contributed by atoms with van der Waals surface area (Å²) >= 11 is 1.70. The molecule has 70 valence electrons. The van der Waals surface area contributed by atoms with Crippen LogP contribution in [0.5, 0.6) is 0 Å². The van der Waals surface area contributed by atoms with Crippen molar-refractivity contribution in [1.82, 2.24) is 4.98 Å². The Bertz CT molecular complexity index is 271. The van der Waals surface area contributed by atoms with Crippen LogP contribution in [0.3, 0.4) is 0 Å². The number of thioether (sulfide) groups is 1. The summed E-state index contributed by atoms with van der Waals surface area (Å²) in [6, 6.07) is 4.52. The highest BCUT2D eigenvalue weighted by Gasteiger charge is 2.17. The lowest BCUT2D eigenvalue weighted by atomic mass is 10.2. The molecule has 1 aliphatic heterocycles. The molecule has 0 bridgehead atoms. The van der Waals surface area contributed by atoms with Crippen LogP contribution in [0.1, 0.15) is 0 Å². The van der Waals surface area contributed by atoms with Gasteiger partial charge in [-0.3, -0.25) is 0 Å². The van der Waals surface area contributed by atoms with Crippen LogP contribution in [0, 0.1) is 0 Å². The Morgan fingerprint density at radius 2 is 2.38 bits per heavy atom. The van der Waals surface area contributed by atoms with Gasteiger partial charge in [-0.05, 0) is 18.4 Å². The normalized spacial score (nSPS) is 16.7. The standard InChI is InChI=1S/C9H12N2OS/c1-13-8-2-3-9(10-4-8)11-7-5-12-6-7/h2-4,7H,5-6H2,1H3,(H,10,11). The van der Waals surface area contributed by atoms with Gasteiger partial charge < -0.3 is 10.1 Å². The molecule has 0 aliphatic carbocycles. The second-order valence-electron chi connectivity index (χ2n) is 2.96. The maximum Gasteiger partial charge on any atom is 0.126 e. The molecule has 2 heterocycles. The number of ether oxygens (including phenoxy) is 1. The topological polar surface area (TPSA) is 34.1 Å². The average Bonchev–Trinajstić information content (AvgIpc) is 2.12. The van der Waals surface area contributed by atoms with Gasteiger partial charge in [0.15, 0.2) is 0 Å². The average molecular weight is 196 g/mol. The summed E-state index contributed by atoms with van der Waals surface area (Å²) in [7, 11) is 0. The zero-order chi connectivity index (χ0) is 9.10. The zero-order valence-electron chi connectivity index (χ0n) is 7.49. The molecule has 1 aliphatic rings. The van der Waals surface area contributed by atoms with E-state index in [2.05, 4.69) is 16.4 Å². The van der Waals surface area contributed by atoms with Crippen molar-refractivity contribution in [2.45, 2.75) is 10.9 Å². The van der Waals surface area contributed by atoms with Crippen molar-refractivity contribution in [3.05, 3.63) is 18.3 Å². The lowest BCUT2D eigenvalue weighted by molar-refractivity contribution is 0.0209. The molecule has 0 saturated carbocycles. The first-order valence-electron chi connectivity index (χ1n) is 4.23. The van der Waals surface area contributed by atoms with Crippen LogP contribution in [0.15, 0.2) is 23.2 Å². The first kappa shape index (κ1) is 8.84. The molecule has 0 amide bonds. The first-order chi connectivity index (χ1) is 6.38. The molecular weight excluding hydrogens is 184 g/mol. The molecular formula is C9H12N2OS. The summed E-state index contributed by atoms with van der Waals surface area (Å²) in [6.07, 6.45) is 3.93. The lowest BCUT2D eigenvalue weighted by Gasteiger charge is -2.27. The van der Waals surface area contributed by atoms with Crippen LogP contribution in [-0.2, 0) is 4.74 Å². The highest BCUT2D eigenvalue weighted by Crippen LogP contribution is 2.16. The van der Waals surface area contributed by atoms with E-state index >= 15 is 0 Å². The quantitative estimate of drug-likeness (QED) is 0.745. The molecule has 4 heteroatoms. The third-order valence-corrected chi connectivity index (χ3v) is 2.68. The van der Waals surface area contributed by atoms with E-state index in [1.807, 2.05) is 18.5 Å². The highest BCUT2D eigenvalue weighted by atomic mass is 32.2. The predicted octanol–water partition coefficient (Wildman–Crippen LogP) is 1.61. The van der Waals surface area contributed by atoms with Crippen molar-refractivity contribution in [1.29, 1.82) is 0 Å². The SMILES string of the molecule is CSc1ccc(NC2COC2)nc1. The molecule has 0 radical (unpaired) electrons. The van der Waals surface area contributed by atoms with Gasteiger partial charge in [0.25, 0.3) is 0 Å². The Kier molecular flexibility index (Phi) is 2.71. The van der Waals surface area contributed by atoms with Crippen LogP contribution in [0.25, 0.3) is 0 Å². The molecule has 1 aromatic heterocycles. The molecule has 1 N–H and O–H groups in total. The van der Waals surface area contributed by atoms with Gasteiger partial charge in [0.05, 0.1) is 19.3 Å². The Labute approximate surface area is 81.9 Å². The predicted molar refractivity (Wildman–Crippen MR) is 54.2 cm³/mol. The Morgan fingerprint density at radius 3 is 2.85 bits per heavy atom. The summed E-state index contributed by atoms with van der Waals surface area (Å²) in [5.74, 6) is 0.936. The van der Waals surface area contributed by atoms with Crippen LogP contribution >= 0.6 is 11.8 Å². The molecule has 1 aromatic rings. The molecule has 0 spiro atoms. The minimum Gasteiger partial charge on any atom is -0.377 e. The fraction of sp³-hybridized carbons (Fsp3) is 0.444. The van der Waals surface area contributed by atoms with Crippen LogP contribution in [0.4, 0.5) is 5.82 Å². The van der Waals surface area contributed by atoms with Crippen molar-refractivity contribution in [3.63, 3.8) is 0 Å². The van der Waals surface area contributed by atoms with Crippen molar-refractivity contribution < 1.29 is 4.74 Å². The number of hydrogen-bond donors (Lipinski definition) is 1. The summed E-state index contributed by atoms with van der Waals surface area (Å²) in [4.78, 5) is 5.47. The van der Waals surface area contributed by atoms with E-state index in [1.165, 1.54) is 4.90 Å². The molecule has 0 unspecified atom stereocenters. The summed E-state index contributed by atoms with van der Waals surface area (Å²) < 4.78 is 5.06. The van der Waals surface area contributed by atoms with E-state index in [9.17, 15) is 0 Å². The molecule has 1 saturated heterocycles. The van der Waals surface area contributed by atoms with Gasteiger partial charge in [0.2, 0.25) is 0 Å². The van der Waals surface area contributed by atoms with E-state index < -0.39 is 0 Å². The van der Waals surface area contributed by atoms with E-state index in [-0.39, 0.29) is 0 Å². The maximum atomic E-state index is 5.06. The number of anilines is 1. The van der Waals surface area contributed by atoms with Gasteiger partial charge >= 0.3 is 0 Å². The number of rotatable bonds is 3. The molecule has 3 nitrogen and oxygen atoms in total. The van der Waals surface area contributed by atoms with Crippen molar-refractivity contribution in [2.75, 3.05) is 24.8 Å². The second kappa shape index (κ2) is 3.98. The minimum absolute atomic E-state index is 0.452. The number of aromatic nitrogens is 1. The third kappa shape index (κ3) is 2.14. The Balaban J connectivity index is 1.96. The fourth-order valence-corrected chi connectivity index (χ4v) is 1.48. The maximum absolute atomic E-state index is 5.06. The molecule has 13 heavy (non-hydrogen) atoms. The summed E-state index contributed by atoms with van der Waals surface area (Å²) in [5, 5.41) is 3.28. The number of pyridine rings is 1. The van der Waals surface area contributed by atoms with Gasteiger partial charge in [-0.1, -0.05) is 0 Å². The van der Waals surface area contributed by atoms with Crippen LogP contribution in [-0.4, -0.2) is 30.5 Å². The summed E-state index contributed by atoms with van der Waals surface area (Å²) in [6.45, 7) is 1.60. The first-order valence-corrected chi connectivity index (χ1v) is 5.45. The smallest absolute Gasteiger partial charge is 0.126 e. The molecule has 2 rings (SSSR count). The Morgan fingerprint density at radius 1 is 1.54 bits per heavy atom. The largest absolute Gasteiger partial charge is 0.377 e. The fourth-order valence-electron chi connectivity index (χ4n) is 1.11. The van der Waals surface area contributed by atoms with E-state index in [0.717, 1.165) is 19.0 Å². The zero-order valence-corrected chi connectivity index (χ0v) is 8.30. The number of nitrogens with one attached hydrogen (secondary N) is 1. The molecule has 0 atom stereocenters. The minimum atomic E-state index is 0.452. The van der Waals surface area contributed by atoms with Crippen molar-refractivity contribution in [2.24, 2.45) is 0 Å². The highest BCUT2D eigenvalue weighted by molar-refractivity contribution is 7.98. The molecule has 0 aromatic carbocycles. The van der Waals surface area contributed by atoms with Gasteiger partial charge in [-0.15, -0.1) is 11.8 Å². The van der Waals surface area contributed by atoms with Crippen LogP contribution in [0.2, 0.25) is 0 Å². The molecule has 1 fully saturated rings. The van der Waals surface area contributed by atoms with Gasteiger partial charge in [-0.2, -0.15) is 0 Å². The van der Waals surface area contributed by atoms with E-state index in [0.29, 0.717) is 6.04 Å². The number of nitrogens with zero attached hydrogens (tertiary/aromatic N) is 1. The Hall–Kier alpha value is -0.740. The van der Waals surface area contributed by atoms with Gasteiger partial charge in [-0.25, -0.2) is 4.98 Å². The summed E-state index contributed by atoms with van der Waals surface area (Å²) in [5.41, 5.74) is 0. The number of hydrogen-bond acceptors (Lipinski definition) is 4. The van der Waals surface area contributed by atoms with E-state index in [1.54, 1.807) is 11.8 Å². The lowest BCUT2D eigenvalue weighted by Crippen LogP contribution is -2.40. The van der Waals surface area contributed by atoms with Crippen LogP contribution < -0.4 is 5.32 Å². The van der Waals surface area contributed by atoms with Crippen molar-refractivity contribution in [3.8, 4) is 0 Å². The monoisotopic (exact) mass is 196 g/mol. The second-order valence-corrected chi connectivity index (χ2v) is 3.84. The van der Waals surface area contributed by atoms with Crippen molar-refractivity contribution >= 4 is 17.6 Å². The van der Waals surface area contributed by atoms with E-state index in [4.69, 9.17) is 4.74 Å².